The summed E-state index contributed by atoms with van der Waals surface area (Å²) in [6.07, 6.45) is 2.80. The van der Waals surface area contributed by atoms with Gasteiger partial charge in [-0.15, -0.1) is 0 Å². The van der Waals surface area contributed by atoms with Crippen LogP contribution in [-0.4, -0.2) is 44.7 Å². The van der Waals surface area contributed by atoms with Crippen LogP contribution in [0.1, 0.15) is 40.0 Å². The van der Waals surface area contributed by atoms with Gasteiger partial charge in [-0.2, -0.15) is 0 Å². The average Bonchev–Trinajstić information content (AvgIpc) is 2.24. The van der Waals surface area contributed by atoms with E-state index in [0.29, 0.717) is 13.1 Å². The van der Waals surface area contributed by atoms with E-state index in [1.54, 1.807) is 0 Å². The third-order valence-corrected chi connectivity index (χ3v) is 4.64. The van der Waals surface area contributed by atoms with Crippen molar-refractivity contribution in [1.29, 1.82) is 0 Å². The van der Waals surface area contributed by atoms with Crippen LogP contribution < -0.4 is 5.32 Å². The Labute approximate surface area is 100 Å². The minimum absolute atomic E-state index is 0.280. The van der Waals surface area contributed by atoms with Gasteiger partial charge >= 0.3 is 0 Å². The second-order valence-corrected chi connectivity index (χ2v) is 5.95. The smallest absolute Gasteiger partial charge is 0.214 e. The van der Waals surface area contributed by atoms with Crippen molar-refractivity contribution >= 4 is 10.0 Å². The van der Waals surface area contributed by atoms with Gasteiger partial charge in [0.15, 0.2) is 0 Å². The van der Waals surface area contributed by atoms with Crippen LogP contribution in [0.4, 0.5) is 0 Å². The number of unbranched alkanes of at least 4 members (excludes halogenated alkanes) is 1. The van der Waals surface area contributed by atoms with Crippen molar-refractivity contribution in [1.82, 2.24) is 9.62 Å². The maximum atomic E-state index is 11.8. The third kappa shape index (κ3) is 6.45. The van der Waals surface area contributed by atoms with Gasteiger partial charge in [-0.05, 0) is 32.4 Å². The summed E-state index contributed by atoms with van der Waals surface area (Å²) in [7, 11) is -3.01. The minimum Gasteiger partial charge on any atom is -0.317 e. The molecule has 0 bridgehead atoms. The molecule has 0 rings (SSSR count). The fourth-order valence-electron chi connectivity index (χ4n) is 1.58. The minimum atomic E-state index is -3.01. The fourth-order valence-corrected chi connectivity index (χ4v) is 3.20. The molecule has 0 atom stereocenters. The van der Waals surface area contributed by atoms with Gasteiger partial charge in [-0.3, -0.25) is 0 Å². The maximum Gasteiger partial charge on any atom is 0.214 e. The van der Waals surface area contributed by atoms with Gasteiger partial charge in [-0.1, -0.05) is 20.8 Å². The zero-order valence-corrected chi connectivity index (χ0v) is 11.6. The molecule has 0 aromatic rings. The molecule has 16 heavy (non-hydrogen) atoms. The van der Waals surface area contributed by atoms with Crippen molar-refractivity contribution in [2.24, 2.45) is 0 Å². The van der Waals surface area contributed by atoms with Gasteiger partial charge in [0.2, 0.25) is 10.0 Å². The Balaban J connectivity index is 3.74. The first-order valence-corrected chi connectivity index (χ1v) is 7.87. The molecule has 0 saturated heterocycles. The van der Waals surface area contributed by atoms with Gasteiger partial charge in [0, 0.05) is 13.1 Å². The van der Waals surface area contributed by atoms with Gasteiger partial charge < -0.3 is 5.32 Å². The summed E-state index contributed by atoms with van der Waals surface area (Å²) >= 11 is 0. The van der Waals surface area contributed by atoms with Gasteiger partial charge in [0.05, 0.1) is 5.75 Å². The summed E-state index contributed by atoms with van der Waals surface area (Å²) in [6, 6.07) is 0. The second kappa shape index (κ2) is 8.96. The highest BCUT2D eigenvalue weighted by Crippen LogP contribution is 2.03. The molecule has 0 fully saturated rings. The van der Waals surface area contributed by atoms with Crippen LogP contribution >= 0.6 is 0 Å². The first kappa shape index (κ1) is 15.9. The largest absolute Gasteiger partial charge is 0.317 e. The molecule has 5 heteroatoms. The van der Waals surface area contributed by atoms with E-state index in [1.165, 1.54) is 4.31 Å². The quantitative estimate of drug-likeness (QED) is 0.597. The van der Waals surface area contributed by atoms with Crippen LogP contribution in [0.3, 0.4) is 0 Å². The number of hydrogen-bond donors (Lipinski definition) is 1. The summed E-state index contributed by atoms with van der Waals surface area (Å²) in [5, 5.41) is 3.27. The monoisotopic (exact) mass is 250 g/mol. The van der Waals surface area contributed by atoms with Crippen LogP contribution in [0.2, 0.25) is 0 Å². The lowest BCUT2D eigenvalue weighted by atomic mass is 10.3. The van der Waals surface area contributed by atoms with E-state index < -0.39 is 10.0 Å². The molecule has 0 aliphatic carbocycles. The zero-order valence-electron chi connectivity index (χ0n) is 10.8. The van der Waals surface area contributed by atoms with Crippen molar-refractivity contribution in [3.05, 3.63) is 0 Å². The van der Waals surface area contributed by atoms with E-state index in [2.05, 4.69) is 12.2 Å². The normalized spacial score (nSPS) is 12.2. The molecule has 4 nitrogen and oxygen atoms in total. The summed E-state index contributed by atoms with van der Waals surface area (Å²) in [5.74, 6) is 0.280. The molecule has 0 radical (unpaired) electrons. The van der Waals surface area contributed by atoms with E-state index in [1.807, 2.05) is 13.8 Å². The summed E-state index contributed by atoms with van der Waals surface area (Å²) in [4.78, 5) is 0. The highest BCUT2D eigenvalue weighted by molar-refractivity contribution is 7.89. The number of sulfonamides is 1. The van der Waals surface area contributed by atoms with E-state index >= 15 is 0 Å². The second-order valence-electron chi connectivity index (χ2n) is 3.86. The van der Waals surface area contributed by atoms with Crippen LogP contribution in [0.25, 0.3) is 0 Å². The Hall–Kier alpha value is -0.130. The number of nitrogens with one attached hydrogen (secondary N) is 1. The average molecular weight is 250 g/mol. The molecule has 0 aliphatic rings. The highest BCUT2D eigenvalue weighted by atomic mass is 32.2. The van der Waals surface area contributed by atoms with Crippen molar-refractivity contribution in [2.45, 2.75) is 40.0 Å². The summed E-state index contributed by atoms with van der Waals surface area (Å²) in [5.41, 5.74) is 0. The molecule has 0 saturated carbocycles. The van der Waals surface area contributed by atoms with Crippen molar-refractivity contribution in [3.8, 4) is 0 Å². The molecule has 0 spiro atoms. The predicted octanol–water partition coefficient (Wildman–Crippen LogP) is 1.44. The van der Waals surface area contributed by atoms with Crippen LogP contribution in [0.5, 0.6) is 0 Å². The van der Waals surface area contributed by atoms with Crippen molar-refractivity contribution in [3.63, 3.8) is 0 Å². The third-order valence-electron chi connectivity index (χ3n) is 2.53. The number of nitrogens with zero attached hydrogens (tertiary/aromatic N) is 1. The Bertz CT molecular complexity index is 249. The Kier molecular flexibility index (Phi) is 8.89. The summed E-state index contributed by atoms with van der Waals surface area (Å²) in [6.45, 7) is 8.97. The molecule has 0 heterocycles. The number of rotatable bonds is 10. The first-order chi connectivity index (χ1) is 7.58. The molecule has 0 aliphatic heterocycles. The molecule has 0 aromatic carbocycles. The van der Waals surface area contributed by atoms with E-state index in [4.69, 9.17) is 0 Å². The van der Waals surface area contributed by atoms with E-state index in [9.17, 15) is 8.42 Å². The van der Waals surface area contributed by atoms with Gasteiger partial charge in [0.25, 0.3) is 0 Å². The first-order valence-electron chi connectivity index (χ1n) is 6.27. The molecule has 0 amide bonds. The zero-order chi connectivity index (χ0) is 12.4. The van der Waals surface area contributed by atoms with Crippen molar-refractivity contribution < 1.29 is 8.42 Å². The molecule has 0 aromatic heterocycles. The predicted molar refractivity (Wildman–Crippen MR) is 69.1 cm³/mol. The lowest BCUT2D eigenvalue weighted by Crippen LogP contribution is -2.32. The summed E-state index contributed by atoms with van der Waals surface area (Å²) < 4.78 is 25.1. The molecule has 1 N–H and O–H groups in total. The van der Waals surface area contributed by atoms with Crippen molar-refractivity contribution in [2.75, 3.05) is 31.9 Å². The Morgan fingerprint density at radius 3 is 2.12 bits per heavy atom. The van der Waals surface area contributed by atoms with E-state index in [0.717, 1.165) is 32.4 Å². The Morgan fingerprint density at radius 2 is 1.62 bits per heavy atom. The standard InChI is InChI=1S/C11H26N2O2S/c1-4-9-12-10-7-8-11-16(14,15)13(5-2)6-3/h12H,4-11H2,1-3H3. The SMILES string of the molecule is CCCNCCCCS(=O)(=O)N(CC)CC. The lowest BCUT2D eigenvalue weighted by Gasteiger charge is -2.18. The van der Waals surface area contributed by atoms with Crippen LogP contribution in [0, 0.1) is 0 Å². The Morgan fingerprint density at radius 1 is 1.00 bits per heavy atom. The maximum absolute atomic E-state index is 11.8. The van der Waals surface area contributed by atoms with E-state index in [-0.39, 0.29) is 5.75 Å². The highest BCUT2D eigenvalue weighted by Gasteiger charge is 2.17. The molecular weight excluding hydrogens is 224 g/mol. The lowest BCUT2D eigenvalue weighted by molar-refractivity contribution is 0.443. The topological polar surface area (TPSA) is 49.4 Å². The van der Waals surface area contributed by atoms with Gasteiger partial charge in [-0.25, -0.2) is 12.7 Å². The fraction of sp³-hybridized carbons (Fsp3) is 1.00. The molecule has 98 valence electrons. The number of hydrogen-bond acceptors (Lipinski definition) is 3. The van der Waals surface area contributed by atoms with Crippen LogP contribution in [0.15, 0.2) is 0 Å². The molecule has 0 unspecified atom stereocenters. The van der Waals surface area contributed by atoms with Crippen LogP contribution in [-0.2, 0) is 10.0 Å². The van der Waals surface area contributed by atoms with Gasteiger partial charge in [0.1, 0.15) is 0 Å². The molecular formula is C11H26N2O2S.